The molecule has 0 amide bonds. The average Bonchev–Trinajstić information content (AvgIpc) is 2.24. The van der Waals surface area contributed by atoms with Gasteiger partial charge in [-0.1, -0.05) is 0 Å². The van der Waals surface area contributed by atoms with Gasteiger partial charge in [-0.25, -0.2) is 4.39 Å². The van der Waals surface area contributed by atoms with Gasteiger partial charge in [-0.05, 0) is 25.1 Å². The van der Waals surface area contributed by atoms with Gasteiger partial charge in [0.15, 0.2) is 0 Å². The molecule has 0 aliphatic rings. The van der Waals surface area contributed by atoms with Crippen molar-refractivity contribution in [3.63, 3.8) is 0 Å². The minimum absolute atomic E-state index is 0.0196. The lowest BCUT2D eigenvalue weighted by Gasteiger charge is -2.11. The van der Waals surface area contributed by atoms with Crippen LogP contribution in [0.3, 0.4) is 0 Å². The molecular weight excluding hydrogens is 227 g/mol. The van der Waals surface area contributed by atoms with E-state index in [4.69, 9.17) is 5.26 Å². The fourth-order valence-electron chi connectivity index (χ4n) is 1.14. The van der Waals surface area contributed by atoms with E-state index in [0.29, 0.717) is 12.2 Å². The highest BCUT2D eigenvalue weighted by molar-refractivity contribution is 7.84. The monoisotopic (exact) mass is 240 g/mol. The Morgan fingerprint density at radius 1 is 1.56 bits per heavy atom. The predicted molar refractivity (Wildman–Crippen MR) is 63.1 cm³/mol. The number of hydrogen-bond acceptors (Lipinski definition) is 3. The summed E-state index contributed by atoms with van der Waals surface area (Å²) in [7, 11) is -0.918. The van der Waals surface area contributed by atoms with Crippen molar-refractivity contribution < 1.29 is 8.60 Å². The number of nitriles is 1. The van der Waals surface area contributed by atoms with Crippen LogP contribution in [0.5, 0.6) is 0 Å². The van der Waals surface area contributed by atoms with Gasteiger partial charge in [0.2, 0.25) is 0 Å². The zero-order chi connectivity index (χ0) is 12.1. The third-order valence-electron chi connectivity index (χ3n) is 2.19. The summed E-state index contributed by atoms with van der Waals surface area (Å²) in [6.07, 6.45) is 1.62. The number of nitrogens with zero attached hydrogens (tertiary/aromatic N) is 1. The number of hydrogen-bond donors (Lipinski definition) is 1. The molecule has 0 bridgehead atoms. The van der Waals surface area contributed by atoms with Crippen molar-refractivity contribution in [2.24, 2.45) is 0 Å². The second-order valence-electron chi connectivity index (χ2n) is 3.53. The molecule has 3 nitrogen and oxygen atoms in total. The van der Waals surface area contributed by atoms with E-state index in [1.807, 2.05) is 13.0 Å². The maximum Gasteiger partial charge on any atom is 0.126 e. The first-order valence-electron chi connectivity index (χ1n) is 4.79. The van der Waals surface area contributed by atoms with Gasteiger partial charge in [-0.3, -0.25) is 4.21 Å². The third kappa shape index (κ3) is 3.63. The lowest BCUT2D eigenvalue weighted by atomic mass is 10.2. The molecule has 2 atom stereocenters. The highest BCUT2D eigenvalue weighted by atomic mass is 32.2. The van der Waals surface area contributed by atoms with Crippen LogP contribution in [0.1, 0.15) is 12.5 Å². The molecule has 1 rings (SSSR count). The summed E-state index contributed by atoms with van der Waals surface area (Å²) in [5.41, 5.74) is 0.807. The summed E-state index contributed by atoms with van der Waals surface area (Å²) in [5.74, 6) is -0.452. The largest absolute Gasteiger partial charge is 0.384 e. The average molecular weight is 240 g/mol. The molecule has 1 aromatic carbocycles. The topological polar surface area (TPSA) is 52.9 Å². The fourth-order valence-corrected chi connectivity index (χ4v) is 1.45. The molecule has 2 unspecified atom stereocenters. The van der Waals surface area contributed by atoms with E-state index in [9.17, 15) is 8.60 Å². The Balaban J connectivity index is 2.71. The molecule has 1 N–H and O–H groups in total. The van der Waals surface area contributed by atoms with E-state index in [1.165, 1.54) is 12.1 Å². The molecule has 1 aromatic rings. The zero-order valence-corrected chi connectivity index (χ0v) is 9.97. The summed E-state index contributed by atoms with van der Waals surface area (Å²) in [6.45, 7) is 2.32. The van der Waals surface area contributed by atoms with E-state index in [-0.39, 0.29) is 10.8 Å². The summed E-state index contributed by atoms with van der Waals surface area (Å²) in [5, 5.41) is 11.6. The molecule has 0 saturated heterocycles. The molecule has 16 heavy (non-hydrogen) atoms. The fraction of sp³-hybridized carbons (Fsp3) is 0.364. The molecule has 0 heterocycles. The number of rotatable bonds is 4. The van der Waals surface area contributed by atoms with Crippen LogP contribution >= 0.6 is 0 Å². The molecule has 0 aliphatic heterocycles. The van der Waals surface area contributed by atoms with E-state index in [1.54, 1.807) is 12.3 Å². The standard InChI is InChI=1S/C11H13FN2OS/c1-8(16(2)15)7-14-11-4-9(6-13)3-10(12)5-11/h3-5,8,14H,7H2,1-2H3. The van der Waals surface area contributed by atoms with Crippen LogP contribution in [0.4, 0.5) is 10.1 Å². The first-order chi connectivity index (χ1) is 7.52. The maximum absolute atomic E-state index is 13.0. The molecular formula is C11H13FN2OS. The van der Waals surface area contributed by atoms with Crippen LogP contribution in [0.2, 0.25) is 0 Å². The zero-order valence-electron chi connectivity index (χ0n) is 9.16. The number of nitrogens with one attached hydrogen (secondary N) is 1. The van der Waals surface area contributed by atoms with Gasteiger partial charge in [0, 0.05) is 34.5 Å². The van der Waals surface area contributed by atoms with Crippen molar-refractivity contribution in [3.05, 3.63) is 29.6 Å². The SMILES string of the molecule is CC(CNc1cc(F)cc(C#N)c1)S(C)=O. The number of anilines is 1. The van der Waals surface area contributed by atoms with Crippen LogP contribution in [-0.4, -0.2) is 22.3 Å². The lowest BCUT2D eigenvalue weighted by Crippen LogP contribution is -2.20. The van der Waals surface area contributed by atoms with Crippen LogP contribution in [-0.2, 0) is 10.8 Å². The van der Waals surface area contributed by atoms with Gasteiger partial charge in [-0.2, -0.15) is 5.26 Å². The third-order valence-corrected chi connectivity index (χ3v) is 3.49. The molecule has 0 aromatic heterocycles. The molecule has 0 saturated carbocycles. The van der Waals surface area contributed by atoms with Crippen molar-refractivity contribution >= 4 is 16.5 Å². The van der Waals surface area contributed by atoms with Crippen molar-refractivity contribution in [2.75, 3.05) is 18.1 Å². The Labute approximate surface area is 96.7 Å². The molecule has 0 aliphatic carbocycles. The Bertz CT molecular complexity index is 442. The van der Waals surface area contributed by atoms with Gasteiger partial charge >= 0.3 is 0 Å². The van der Waals surface area contributed by atoms with Crippen LogP contribution in [0.25, 0.3) is 0 Å². The first-order valence-corrected chi connectivity index (χ1v) is 6.42. The Kier molecular flexibility index (Phi) is 4.44. The van der Waals surface area contributed by atoms with Crippen LogP contribution < -0.4 is 5.32 Å². The van der Waals surface area contributed by atoms with Gasteiger partial charge in [0.05, 0.1) is 11.6 Å². The molecule has 5 heteroatoms. The van der Waals surface area contributed by atoms with Crippen molar-refractivity contribution in [1.29, 1.82) is 5.26 Å². The predicted octanol–water partition coefficient (Wildman–Crippen LogP) is 1.88. The van der Waals surface area contributed by atoms with Crippen molar-refractivity contribution in [1.82, 2.24) is 0 Å². The van der Waals surface area contributed by atoms with Gasteiger partial charge < -0.3 is 5.32 Å². The van der Waals surface area contributed by atoms with E-state index < -0.39 is 16.6 Å². The van der Waals surface area contributed by atoms with Crippen molar-refractivity contribution in [2.45, 2.75) is 12.2 Å². The highest BCUT2D eigenvalue weighted by Gasteiger charge is 2.06. The van der Waals surface area contributed by atoms with E-state index >= 15 is 0 Å². The molecule has 0 radical (unpaired) electrons. The maximum atomic E-state index is 13.0. The normalized spacial score (nSPS) is 13.9. The first kappa shape index (κ1) is 12.7. The van der Waals surface area contributed by atoms with Gasteiger partial charge in [0.1, 0.15) is 5.82 Å². The second kappa shape index (κ2) is 5.61. The second-order valence-corrected chi connectivity index (χ2v) is 5.33. The van der Waals surface area contributed by atoms with Gasteiger partial charge in [-0.15, -0.1) is 0 Å². The minimum Gasteiger partial charge on any atom is -0.384 e. The Hall–Kier alpha value is -1.41. The lowest BCUT2D eigenvalue weighted by molar-refractivity contribution is 0.627. The molecule has 0 fully saturated rings. The minimum atomic E-state index is -0.918. The number of benzene rings is 1. The molecule has 0 spiro atoms. The van der Waals surface area contributed by atoms with Crippen LogP contribution in [0.15, 0.2) is 18.2 Å². The number of halogens is 1. The smallest absolute Gasteiger partial charge is 0.126 e. The summed E-state index contributed by atoms with van der Waals surface area (Å²) in [6, 6.07) is 5.93. The van der Waals surface area contributed by atoms with E-state index in [0.717, 1.165) is 0 Å². The highest BCUT2D eigenvalue weighted by Crippen LogP contribution is 2.13. The van der Waals surface area contributed by atoms with Crippen molar-refractivity contribution in [3.8, 4) is 6.07 Å². The quantitative estimate of drug-likeness (QED) is 0.874. The molecule has 86 valence electrons. The summed E-state index contributed by atoms with van der Waals surface area (Å²) in [4.78, 5) is 0. The van der Waals surface area contributed by atoms with Crippen LogP contribution in [0, 0.1) is 17.1 Å². The Morgan fingerprint density at radius 3 is 2.81 bits per heavy atom. The summed E-state index contributed by atoms with van der Waals surface area (Å²) >= 11 is 0. The van der Waals surface area contributed by atoms with E-state index in [2.05, 4.69) is 5.32 Å². The van der Waals surface area contributed by atoms with Gasteiger partial charge in [0.25, 0.3) is 0 Å². The summed E-state index contributed by atoms with van der Waals surface area (Å²) < 4.78 is 24.1. The Morgan fingerprint density at radius 2 is 2.25 bits per heavy atom.